The lowest BCUT2D eigenvalue weighted by Crippen LogP contribution is -2.32. The third kappa shape index (κ3) is 3.25. The van der Waals surface area contributed by atoms with E-state index in [0.29, 0.717) is 6.04 Å². The van der Waals surface area contributed by atoms with Crippen molar-refractivity contribution in [3.8, 4) is 6.07 Å². The molecule has 102 valence electrons. The van der Waals surface area contributed by atoms with Gasteiger partial charge in [-0.25, -0.2) is 0 Å². The van der Waals surface area contributed by atoms with Gasteiger partial charge in [-0.2, -0.15) is 5.26 Å². The molecule has 0 heterocycles. The molecule has 3 heteroatoms. The minimum absolute atomic E-state index is 0.531. The number of anilines is 1. The molecule has 2 unspecified atom stereocenters. The van der Waals surface area contributed by atoms with Gasteiger partial charge in [0.1, 0.15) is 6.07 Å². The van der Waals surface area contributed by atoms with E-state index in [-0.39, 0.29) is 0 Å². The number of thioether (sulfide) groups is 1. The highest BCUT2D eigenvalue weighted by Crippen LogP contribution is 2.32. The summed E-state index contributed by atoms with van der Waals surface area (Å²) < 4.78 is 0. The van der Waals surface area contributed by atoms with Gasteiger partial charge < -0.3 is 5.32 Å². The van der Waals surface area contributed by atoms with Crippen molar-refractivity contribution in [1.82, 2.24) is 0 Å². The summed E-state index contributed by atoms with van der Waals surface area (Å²) in [5, 5.41) is 13.0. The molecule has 1 aromatic carbocycles. The van der Waals surface area contributed by atoms with Gasteiger partial charge >= 0.3 is 0 Å². The standard InChI is InChI=1S/C16H22N2S/c1-3-12-7-4-5-8-14(12)18-15-9-6-10-16(19-2)13(15)11-17/h6,9-10,12,14,18H,3-5,7-8H2,1-2H3. The van der Waals surface area contributed by atoms with Gasteiger partial charge in [0.25, 0.3) is 0 Å². The molecule has 1 aliphatic carbocycles. The fourth-order valence-electron chi connectivity index (χ4n) is 3.02. The van der Waals surface area contributed by atoms with E-state index in [4.69, 9.17) is 0 Å². The molecular formula is C16H22N2S. The van der Waals surface area contributed by atoms with E-state index in [9.17, 15) is 5.26 Å². The summed E-state index contributed by atoms with van der Waals surface area (Å²) in [6.45, 7) is 2.27. The van der Waals surface area contributed by atoms with E-state index < -0.39 is 0 Å². The van der Waals surface area contributed by atoms with Gasteiger partial charge in [-0.15, -0.1) is 11.8 Å². The van der Waals surface area contributed by atoms with Gasteiger partial charge in [0.2, 0.25) is 0 Å². The van der Waals surface area contributed by atoms with Crippen LogP contribution in [0.1, 0.15) is 44.6 Å². The van der Waals surface area contributed by atoms with Crippen LogP contribution in [0, 0.1) is 17.2 Å². The highest BCUT2D eigenvalue weighted by Gasteiger charge is 2.24. The van der Waals surface area contributed by atoms with Gasteiger partial charge in [0.05, 0.1) is 11.3 Å². The predicted molar refractivity (Wildman–Crippen MR) is 82.6 cm³/mol. The van der Waals surface area contributed by atoms with Crippen LogP contribution in [0.3, 0.4) is 0 Å². The summed E-state index contributed by atoms with van der Waals surface area (Å²) in [6.07, 6.45) is 8.45. The Bertz CT molecular complexity index is 464. The van der Waals surface area contributed by atoms with Gasteiger partial charge in [0.15, 0.2) is 0 Å². The maximum Gasteiger partial charge on any atom is 0.102 e. The van der Waals surface area contributed by atoms with Crippen molar-refractivity contribution in [1.29, 1.82) is 5.26 Å². The Balaban J connectivity index is 2.20. The van der Waals surface area contributed by atoms with E-state index in [2.05, 4.69) is 18.3 Å². The predicted octanol–water partition coefficient (Wildman–Crippen LogP) is 4.66. The highest BCUT2D eigenvalue weighted by molar-refractivity contribution is 7.98. The molecule has 0 amide bonds. The topological polar surface area (TPSA) is 35.8 Å². The summed E-state index contributed by atoms with van der Waals surface area (Å²) in [5.41, 5.74) is 1.81. The fourth-order valence-corrected chi connectivity index (χ4v) is 3.60. The fraction of sp³-hybridized carbons (Fsp3) is 0.562. The Hall–Kier alpha value is -1.14. The van der Waals surface area contributed by atoms with Gasteiger partial charge in [-0.3, -0.25) is 0 Å². The highest BCUT2D eigenvalue weighted by atomic mass is 32.2. The molecule has 0 radical (unpaired) electrons. The molecule has 0 bridgehead atoms. The quantitative estimate of drug-likeness (QED) is 0.811. The zero-order chi connectivity index (χ0) is 13.7. The summed E-state index contributed by atoms with van der Waals surface area (Å²) >= 11 is 1.64. The van der Waals surface area contributed by atoms with Crippen molar-refractivity contribution >= 4 is 17.4 Å². The van der Waals surface area contributed by atoms with Crippen molar-refractivity contribution < 1.29 is 0 Å². The second kappa shape index (κ2) is 6.86. The first kappa shape index (κ1) is 14.3. The lowest BCUT2D eigenvalue weighted by Gasteiger charge is -2.32. The zero-order valence-electron chi connectivity index (χ0n) is 11.8. The molecule has 0 spiro atoms. The van der Waals surface area contributed by atoms with Crippen molar-refractivity contribution in [2.24, 2.45) is 5.92 Å². The van der Waals surface area contributed by atoms with Gasteiger partial charge in [-0.05, 0) is 37.1 Å². The van der Waals surface area contributed by atoms with Crippen LogP contribution < -0.4 is 5.32 Å². The lowest BCUT2D eigenvalue weighted by molar-refractivity contribution is 0.317. The first-order valence-corrected chi connectivity index (χ1v) is 8.36. The molecule has 1 aromatic rings. The minimum Gasteiger partial charge on any atom is -0.381 e. The Kier molecular flexibility index (Phi) is 5.15. The molecule has 2 nitrogen and oxygen atoms in total. The van der Waals surface area contributed by atoms with Crippen LogP contribution in [-0.4, -0.2) is 12.3 Å². The average Bonchev–Trinajstić information content (AvgIpc) is 2.47. The largest absolute Gasteiger partial charge is 0.381 e. The molecule has 2 atom stereocenters. The maximum atomic E-state index is 9.38. The van der Waals surface area contributed by atoms with Crippen molar-refractivity contribution in [3.63, 3.8) is 0 Å². The average molecular weight is 274 g/mol. The van der Waals surface area contributed by atoms with Crippen molar-refractivity contribution in [3.05, 3.63) is 23.8 Å². The second-order valence-corrected chi connectivity index (χ2v) is 6.05. The summed E-state index contributed by atoms with van der Waals surface area (Å²) in [4.78, 5) is 1.07. The summed E-state index contributed by atoms with van der Waals surface area (Å²) in [5.74, 6) is 0.748. The third-order valence-electron chi connectivity index (χ3n) is 4.13. The maximum absolute atomic E-state index is 9.38. The Morgan fingerprint density at radius 3 is 2.84 bits per heavy atom. The molecule has 2 rings (SSSR count). The van der Waals surface area contributed by atoms with Crippen molar-refractivity contribution in [2.75, 3.05) is 11.6 Å². The summed E-state index contributed by atoms with van der Waals surface area (Å²) in [6, 6.07) is 8.99. The number of benzene rings is 1. The number of hydrogen-bond acceptors (Lipinski definition) is 3. The molecule has 1 N–H and O–H groups in total. The van der Waals surface area contributed by atoms with E-state index in [1.165, 1.54) is 32.1 Å². The third-order valence-corrected chi connectivity index (χ3v) is 4.91. The van der Waals surface area contributed by atoms with E-state index in [1.54, 1.807) is 11.8 Å². The van der Waals surface area contributed by atoms with Crippen LogP contribution in [-0.2, 0) is 0 Å². The number of nitrogens with one attached hydrogen (secondary N) is 1. The zero-order valence-corrected chi connectivity index (χ0v) is 12.6. The Morgan fingerprint density at radius 2 is 2.16 bits per heavy atom. The van der Waals surface area contributed by atoms with E-state index in [0.717, 1.165) is 22.1 Å². The Morgan fingerprint density at radius 1 is 1.37 bits per heavy atom. The first-order chi connectivity index (χ1) is 9.30. The smallest absolute Gasteiger partial charge is 0.102 e. The Labute approximate surface area is 120 Å². The minimum atomic E-state index is 0.531. The number of nitriles is 1. The normalized spacial score (nSPS) is 22.8. The number of nitrogens with zero attached hydrogens (tertiary/aromatic N) is 1. The molecule has 1 aliphatic rings. The number of hydrogen-bond donors (Lipinski definition) is 1. The van der Waals surface area contributed by atoms with Gasteiger partial charge in [-0.1, -0.05) is 32.3 Å². The van der Waals surface area contributed by atoms with Crippen LogP contribution in [0.2, 0.25) is 0 Å². The summed E-state index contributed by atoms with van der Waals surface area (Å²) in [7, 11) is 0. The molecular weight excluding hydrogens is 252 g/mol. The van der Waals surface area contributed by atoms with Crippen LogP contribution in [0.4, 0.5) is 5.69 Å². The van der Waals surface area contributed by atoms with Crippen LogP contribution in [0.5, 0.6) is 0 Å². The van der Waals surface area contributed by atoms with Gasteiger partial charge in [0, 0.05) is 10.9 Å². The monoisotopic (exact) mass is 274 g/mol. The van der Waals surface area contributed by atoms with E-state index >= 15 is 0 Å². The molecule has 0 saturated heterocycles. The van der Waals surface area contributed by atoms with E-state index in [1.807, 2.05) is 24.5 Å². The SMILES string of the molecule is CCC1CCCCC1Nc1cccc(SC)c1C#N. The lowest BCUT2D eigenvalue weighted by atomic mass is 9.82. The second-order valence-electron chi connectivity index (χ2n) is 5.20. The van der Waals surface area contributed by atoms with Crippen LogP contribution in [0.15, 0.2) is 23.1 Å². The molecule has 1 saturated carbocycles. The van der Waals surface area contributed by atoms with Crippen LogP contribution >= 0.6 is 11.8 Å². The first-order valence-electron chi connectivity index (χ1n) is 7.13. The molecule has 0 aliphatic heterocycles. The van der Waals surface area contributed by atoms with Crippen LogP contribution in [0.25, 0.3) is 0 Å². The van der Waals surface area contributed by atoms with Crippen molar-refractivity contribution in [2.45, 2.75) is 50.0 Å². The number of rotatable bonds is 4. The molecule has 19 heavy (non-hydrogen) atoms. The molecule has 1 fully saturated rings. The molecule has 0 aromatic heterocycles.